The van der Waals surface area contributed by atoms with Gasteiger partial charge in [0.2, 0.25) is 0 Å². The zero-order valence-corrected chi connectivity index (χ0v) is 12.2. The number of rotatable bonds is 6. The smallest absolute Gasteiger partial charge is 0.0645 e. The highest BCUT2D eigenvalue weighted by atomic mass is 16.5. The lowest BCUT2D eigenvalue weighted by atomic mass is 10.3. The highest BCUT2D eigenvalue weighted by Crippen LogP contribution is 2.07. The summed E-state index contributed by atoms with van der Waals surface area (Å²) in [7, 11) is 0. The maximum absolute atomic E-state index is 5.35. The van der Waals surface area contributed by atoms with Gasteiger partial charge in [0.05, 0.1) is 25.1 Å². The molecule has 0 aliphatic carbocycles. The Labute approximate surface area is 125 Å². The molecule has 2 aromatic rings. The van der Waals surface area contributed by atoms with E-state index >= 15 is 0 Å². The Bertz CT molecular complexity index is 534. The maximum atomic E-state index is 5.35. The molecule has 112 valence electrons. The summed E-state index contributed by atoms with van der Waals surface area (Å²) >= 11 is 0. The standard InChI is InChI=1S/C16H22N4O/c1-2-4-16(5-3-1)20-14-15(13-18-20)12-17-6-7-19-8-10-21-11-9-19/h1-5,13-14,17H,6-12H2. The van der Waals surface area contributed by atoms with Crippen LogP contribution in [-0.4, -0.2) is 54.1 Å². The summed E-state index contributed by atoms with van der Waals surface area (Å²) in [4.78, 5) is 2.43. The fourth-order valence-electron chi connectivity index (χ4n) is 2.47. The first kappa shape index (κ1) is 14.3. The Balaban J connectivity index is 1.42. The van der Waals surface area contributed by atoms with Crippen molar-refractivity contribution in [3.8, 4) is 5.69 Å². The average molecular weight is 286 g/mol. The molecule has 1 N–H and O–H groups in total. The van der Waals surface area contributed by atoms with Crippen molar-refractivity contribution >= 4 is 0 Å². The Morgan fingerprint density at radius 2 is 1.95 bits per heavy atom. The van der Waals surface area contributed by atoms with Crippen LogP contribution >= 0.6 is 0 Å². The molecule has 1 aliphatic heterocycles. The number of para-hydroxylation sites is 1. The third-order valence-electron chi connectivity index (χ3n) is 3.69. The fourth-order valence-corrected chi connectivity index (χ4v) is 2.47. The van der Waals surface area contributed by atoms with Crippen LogP contribution in [0.15, 0.2) is 42.7 Å². The normalized spacial score (nSPS) is 16.2. The summed E-state index contributed by atoms with van der Waals surface area (Å²) in [6, 6.07) is 10.2. The maximum Gasteiger partial charge on any atom is 0.0645 e. The van der Waals surface area contributed by atoms with Crippen LogP contribution < -0.4 is 5.32 Å². The number of ether oxygens (including phenoxy) is 1. The lowest BCUT2D eigenvalue weighted by Gasteiger charge is -2.26. The number of morpholine rings is 1. The number of nitrogens with one attached hydrogen (secondary N) is 1. The largest absolute Gasteiger partial charge is 0.379 e. The lowest BCUT2D eigenvalue weighted by Crippen LogP contribution is -2.40. The number of benzene rings is 1. The van der Waals surface area contributed by atoms with Crippen molar-refractivity contribution in [2.75, 3.05) is 39.4 Å². The van der Waals surface area contributed by atoms with Gasteiger partial charge in [0.1, 0.15) is 0 Å². The van der Waals surface area contributed by atoms with Crippen molar-refractivity contribution in [3.63, 3.8) is 0 Å². The molecule has 0 unspecified atom stereocenters. The van der Waals surface area contributed by atoms with Gasteiger partial charge < -0.3 is 10.1 Å². The Hall–Kier alpha value is -1.69. The highest BCUT2D eigenvalue weighted by molar-refractivity contribution is 5.30. The summed E-state index contributed by atoms with van der Waals surface area (Å²) in [6.07, 6.45) is 4.01. The Morgan fingerprint density at radius 3 is 2.76 bits per heavy atom. The molecule has 21 heavy (non-hydrogen) atoms. The molecule has 3 rings (SSSR count). The van der Waals surface area contributed by atoms with E-state index in [4.69, 9.17) is 4.74 Å². The first-order valence-corrected chi connectivity index (χ1v) is 7.51. The van der Waals surface area contributed by atoms with Crippen LogP contribution in [0, 0.1) is 0 Å². The number of hydrogen-bond acceptors (Lipinski definition) is 4. The van der Waals surface area contributed by atoms with E-state index in [9.17, 15) is 0 Å². The minimum absolute atomic E-state index is 0.858. The van der Waals surface area contributed by atoms with Crippen LogP contribution in [0.5, 0.6) is 0 Å². The fraction of sp³-hybridized carbons (Fsp3) is 0.438. The third-order valence-corrected chi connectivity index (χ3v) is 3.69. The van der Waals surface area contributed by atoms with E-state index in [0.717, 1.165) is 51.6 Å². The molecule has 0 spiro atoms. The highest BCUT2D eigenvalue weighted by Gasteiger charge is 2.09. The zero-order chi connectivity index (χ0) is 14.3. The molecule has 5 nitrogen and oxygen atoms in total. The van der Waals surface area contributed by atoms with Gasteiger partial charge in [0.25, 0.3) is 0 Å². The van der Waals surface area contributed by atoms with Crippen LogP contribution in [0.4, 0.5) is 0 Å². The van der Waals surface area contributed by atoms with Gasteiger partial charge in [0.15, 0.2) is 0 Å². The topological polar surface area (TPSA) is 42.3 Å². The molecule has 1 fully saturated rings. The van der Waals surface area contributed by atoms with E-state index in [1.807, 2.05) is 29.1 Å². The van der Waals surface area contributed by atoms with Crippen LogP contribution in [-0.2, 0) is 11.3 Å². The van der Waals surface area contributed by atoms with Gasteiger partial charge in [-0.15, -0.1) is 0 Å². The second-order valence-corrected chi connectivity index (χ2v) is 5.26. The van der Waals surface area contributed by atoms with Crippen molar-refractivity contribution in [1.82, 2.24) is 20.0 Å². The van der Waals surface area contributed by atoms with Crippen molar-refractivity contribution in [3.05, 3.63) is 48.3 Å². The number of nitrogens with zero attached hydrogens (tertiary/aromatic N) is 3. The van der Waals surface area contributed by atoms with E-state index in [-0.39, 0.29) is 0 Å². The van der Waals surface area contributed by atoms with Crippen LogP contribution in [0.25, 0.3) is 5.69 Å². The SMILES string of the molecule is c1ccc(-n2cc(CNCCN3CCOCC3)cn2)cc1. The van der Waals surface area contributed by atoms with Crippen molar-refractivity contribution in [2.24, 2.45) is 0 Å². The van der Waals surface area contributed by atoms with Crippen molar-refractivity contribution in [2.45, 2.75) is 6.54 Å². The molecule has 1 aromatic carbocycles. The molecular formula is C16H22N4O. The summed E-state index contributed by atoms with van der Waals surface area (Å²) in [6.45, 7) is 6.76. The summed E-state index contributed by atoms with van der Waals surface area (Å²) in [5, 5.41) is 7.88. The van der Waals surface area contributed by atoms with Gasteiger partial charge in [-0.3, -0.25) is 4.90 Å². The third kappa shape index (κ3) is 4.14. The molecule has 0 bridgehead atoms. The van der Waals surface area contributed by atoms with Gasteiger partial charge in [-0.1, -0.05) is 18.2 Å². The van der Waals surface area contributed by atoms with Gasteiger partial charge >= 0.3 is 0 Å². The van der Waals surface area contributed by atoms with Crippen LogP contribution in [0.2, 0.25) is 0 Å². The van der Waals surface area contributed by atoms with Crippen molar-refractivity contribution < 1.29 is 4.74 Å². The van der Waals surface area contributed by atoms with E-state index in [0.29, 0.717) is 0 Å². The van der Waals surface area contributed by atoms with E-state index < -0.39 is 0 Å². The zero-order valence-electron chi connectivity index (χ0n) is 12.2. The quantitative estimate of drug-likeness (QED) is 0.813. The molecule has 0 saturated carbocycles. The molecule has 1 saturated heterocycles. The molecule has 2 heterocycles. The van der Waals surface area contributed by atoms with E-state index in [2.05, 4.69) is 33.6 Å². The van der Waals surface area contributed by atoms with Gasteiger partial charge in [-0.05, 0) is 12.1 Å². The predicted octanol–water partition coefficient (Wildman–Crippen LogP) is 1.29. The summed E-state index contributed by atoms with van der Waals surface area (Å²) < 4.78 is 7.26. The second kappa shape index (κ2) is 7.36. The molecule has 1 aromatic heterocycles. The first-order chi connectivity index (χ1) is 10.4. The van der Waals surface area contributed by atoms with Gasteiger partial charge in [-0.25, -0.2) is 4.68 Å². The summed E-state index contributed by atoms with van der Waals surface area (Å²) in [5.74, 6) is 0. The monoisotopic (exact) mass is 286 g/mol. The second-order valence-electron chi connectivity index (χ2n) is 5.26. The number of aromatic nitrogens is 2. The van der Waals surface area contributed by atoms with E-state index in [1.165, 1.54) is 5.56 Å². The number of hydrogen-bond donors (Lipinski definition) is 1. The van der Waals surface area contributed by atoms with Gasteiger partial charge in [-0.2, -0.15) is 5.10 Å². The Kier molecular flexibility index (Phi) is 4.99. The molecule has 1 aliphatic rings. The molecule has 5 heteroatoms. The van der Waals surface area contributed by atoms with Gasteiger partial charge in [0, 0.05) is 44.5 Å². The van der Waals surface area contributed by atoms with Crippen LogP contribution in [0.1, 0.15) is 5.56 Å². The Morgan fingerprint density at radius 1 is 1.14 bits per heavy atom. The molecular weight excluding hydrogens is 264 g/mol. The lowest BCUT2D eigenvalue weighted by molar-refractivity contribution is 0.0384. The first-order valence-electron chi connectivity index (χ1n) is 7.51. The minimum Gasteiger partial charge on any atom is -0.379 e. The molecule has 0 amide bonds. The average Bonchev–Trinajstić information content (AvgIpc) is 3.02. The van der Waals surface area contributed by atoms with E-state index in [1.54, 1.807) is 0 Å². The molecule has 0 atom stereocenters. The van der Waals surface area contributed by atoms with Crippen molar-refractivity contribution in [1.29, 1.82) is 0 Å². The van der Waals surface area contributed by atoms with Crippen LogP contribution in [0.3, 0.4) is 0 Å². The summed E-state index contributed by atoms with van der Waals surface area (Å²) in [5.41, 5.74) is 2.30. The minimum atomic E-state index is 0.858. The predicted molar refractivity (Wildman–Crippen MR) is 82.5 cm³/mol. The molecule has 0 radical (unpaired) electrons.